The van der Waals surface area contributed by atoms with E-state index in [2.05, 4.69) is 20.6 Å². The van der Waals surface area contributed by atoms with E-state index in [1.807, 2.05) is 48.6 Å². The average molecular weight is 422 g/mol. The maximum Gasteiger partial charge on any atom is 0.254 e. The van der Waals surface area contributed by atoms with Crippen LogP contribution < -0.4 is 10.6 Å². The maximum atomic E-state index is 12.7. The van der Waals surface area contributed by atoms with Crippen LogP contribution in [0.25, 0.3) is 11.3 Å². The Kier molecular flexibility index (Phi) is 5.90. The number of carbonyl (C=O) groups excluding carboxylic acids is 2. The summed E-state index contributed by atoms with van der Waals surface area (Å²) in [7, 11) is 0. The van der Waals surface area contributed by atoms with Gasteiger partial charge in [0.25, 0.3) is 5.91 Å². The Hall–Kier alpha value is -3.45. The number of benzene rings is 1. The van der Waals surface area contributed by atoms with Crippen LogP contribution in [0, 0.1) is 0 Å². The zero-order valence-corrected chi connectivity index (χ0v) is 16.9. The number of rotatable bonds is 4. The molecule has 0 bridgehead atoms. The summed E-state index contributed by atoms with van der Waals surface area (Å²) in [6.45, 7) is 1.08. The third-order valence-electron chi connectivity index (χ3n) is 4.74. The smallest absolute Gasteiger partial charge is 0.254 e. The molecular formula is C22H20ClN5O2. The first-order valence-electron chi connectivity index (χ1n) is 9.59. The molecule has 2 heterocycles. The highest BCUT2D eigenvalue weighted by atomic mass is 35.5. The summed E-state index contributed by atoms with van der Waals surface area (Å²) in [5.74, 6) is 0.184. The van der Waals surface area contributed by atoms with Gasteiger partial charge in [-0.2, -0.15) is 0 Å². The molecule has 0 atom stereocenters. The number of hydrogen-bond acceptors (Lipinski definition) is 5. The van der Waals surface area contributed by atoms with Crippen LogP contribution in [0.2, 0.25) is 5.02 Å². The molecule has 1 fully saturated rings. The molecule has 1 aromatic carbocycles. The SMILES string of the molecule is O=C1CN(C(=O)C2=CCC=C(Nc3nccc(-c4ccc(Cl)cc4)n3)C=C2)CCN1. The minimum atomic E-state index is -0.142. The molecule has 1 aliphatic carbocycles. The first kappa shape index (κ1) is 19.8. The molecule has 0 unspecified atom stereocenters. The van der Waals surface area contributed by atoms with Crippen molar-refractivity contribution < 1.29 is 9.59 Å². The summed E-state index contributed by atoms with van der Waals surface area (Å²) in [6, 6.07) is 9.28. The molecule has 8 heteroatoms. The number of halogens is 1. The van der Waals surface area contributed by atoms with Gasteiger partial charge in [0.1, 0.15) is 0 Å². The molecule has 2 aliphatic rings. The van der Waals surface area contributed by atoms with E-state index in [-0.39, 0.29) is 18.4 Å². The number of amides is 2. The van der Waals surface area contributed by atoms with Gasteiger partial charge in [0, 0.05) is 41.1 Å². The van der Waals surface area contributed by atoms with Gasteiger partial charge in [-0.25, -0.2) is 9.97 Å². The molecular weight excluding hydrogens is 402 g/mol. The number of aromatic nitrogens is 2. The van der Waals surface area contributed by atoms with Crippen molar-refractivity contribution in [3.05, 3.63) is 77.1 Å². The van der Waals surface area contributed by atoms with Gasteiger partial charge in [-0.3, -0.25) is 9.59 Å². The molecule has 2 amide bonds. The van der Waals surface area contributed by atoms with E-state index in [1.165, 1.54) is 0 Å². The van der Waals surface area contributed by atoms with E-state index in [0.717, 1.165) is 17.0 Å². The zero-order chi connectivity index (χ0) is 20.9. The van der Waals surface area contributed by atoms with Gasteiger partial charge in [0.2, 0.25) is 11.9 Å². The summed E-state index contributed by atoms with van der Waals surface area (Å²) in [4.78, 5) is 34.6. The van der Waals surface area contributed by atoms with Crippen molar-refractivity contribution in [3.8, 4) is 11.3 Å². The third-order valence-corrected chi connectivity index (χ3v) is 4.99. The van der Waals surface area contributed by atoms with Gasteiger partial charge >= 0.3 is 0 Å². The number of hydrogen-bond donors (Lipinski definition) is 2. The molecule has 152 valence electrons. The Morgan fingerprint density at radius 2 is 1.97 bits per heavy atom. The highest BCUT2D eigenvalue weighted by Crippen LogP contribution is 2.21. The second-order valence-corrected chi connectivity index (χ2v) is 7.30. The number of carbonyl (C=O) groups is 2. The van der Waals surface area contributed by atoms with Crippen LogP contribution in [0.15, 0.2) is 72.1 Å². The van der Waals surface area contributed by atoms with Crippen LogP contribution in [-0.2, 0) is 9.59 Å². The molecule has 1 aliphatic heterocycles. The Balaban J connectivity index is 1.44. The molecule has 4 rings (SSSR count). The van der Waals surface area contributed by atoms with Crippen LogP contribution in [-0.4, -0.2) is 46.3 Å². The van der Waals surface area contributed by atoms with Crippen molar-refractivity contribution in [2.45, 2.75) is 6.42 Å². The third kappa shape index (κ3) is 4.75. The number of nitrogens with zero attached hydrogens (tertiary/aromatic N) is 3. The van der Waals surface area contributed by atoms with Crippen LogP contribution in [0.3, 0.4) is 0 Å². The number of allylic oxidation sites excluding steroid dienone is 3. The van der Waals surface area contributed by atoms with Crippen molar-refractivity contribution in [2.75, 3.05) is 25.0 Å². The predicted octanol–water partition coefficient (Wildman–Crippen LogP) is 2.94. The quantitative estimate of drug-likeness (QED) is 0.792. The fourth-order valence-electron chi connectivity index (χ4n) is 3.20. The number of nitrogens with one attached hydrogen (secondary N) is 2. The van der Waals surface area contributed by atoms with Crippen molar-refractivity contribution in [1.82, 2.24) is 20.2 Å². The molecule has 0 radical (unpaired) electrons. The predicted molar refractivity (Wildman–Crippen MR) is 116 cm³/mol. The normalized spacial score (nSPS) is 16.3. The average Bonchev–Trinajstić information content (AvgIpc) is 2.99. The van der Waals surface area contributed by atoms with Gasteiger partial charge in [0.15, 0.2) is 0 Å². The highest BCUT2D eigenvalue weighted by molar-refractivity contribution is 6.30. The Labute approximate surface area is 179 Å². The second kappa shape index (κ2) is 8.92. The maximum absolute atomic E-state index is 12.7. The second-order valence-electron chi connectivity index (χ2n) is 6.86. The van der Waals surface area contributed by atoms with E-state index < -0.39 is 0 Å². The lowest BCUT2D eigenvalue weighted by atomic mass is 10.1. The first-order chi connectivity index (χ1) is 14.6. The molecule has 1 aromatic heterocycles. The Morgan fingerprint density at radius 3 is 2.77 bits per heavy atom. The minimum Gasteiger partial charge on any atom is -0.353 e. The van der Waals surface area contributed by atoms with Gasteiger partial charge in [-0.1, -0.05) is 35.9 Å². The molecule has 0 saturated carbocycles. The Morgan fingerprint density at radius 1 is 1.13 bits per heavy atom. The zero-order valence-electron chi connectivity index (χ0n) is 16.1. The van der Waals surface area contributed by atoms with E-state index >= 15 is 0 Å². The summed E-state index contributed by atoms with van der Waals surface area (Å²) < 4.78 is 0. The number of piperazine rings is 1. The summed E-state index contributed by atoms with van der Waals surface area (Å²) in [6.07, 6.45) is 9.65. The minimum absolute atomic E-state index is 0.0912. The summed E-state index contributed by atoms with van der Waals surface area (Å²) in [5.41, 5.74) is 3.07. The number of anilines is 1. The monoisotopic (exact) mass is 421 g/mol. The van der Waals surface area contributed by atoms with Gasteiger partial charge in [-0.15, -0.1) is 0 Å². The molecule has 7 nitrogen and oxygen atoms in total. The lowest BCUT2D eigenvalue weighted by Crippen LogP contribution is -2.50. The van der Waals surface area contributed by atoms with E-state index in [9.17, 15) is 9.59 Å². The highest BCUT2D eigenvalue weighted by Gasteiger charge is 2.23. The van der Waals surface area contributed by atoms with Crippen molar-refractivity contribution in [3.63, 3.8) is 0 Å². The van der Waals surface area contributed by atoms with Gasteiger partial charge < -0.3 is 15.5 Å². The Bertz CT molecular complexity index is 1060. The first-order valence-corrected chi connectivity index (χ1v) is 9.97. The van der Waals surface area contributed by atoms with Crippen molar-refractivity contribution >= 4 is 29.4 Å². The van der Waals surface area contributed by atoms with Crippen molar-refractivity contribution in [1.29, 1.82) is 0 Å². The summed E-state index contributed by atoms with van der Waals surface area (Å²) in [5, 5.41) is 6.59. The lowest BCUT2D eigenvalue weighted by molar-refractivity contribution is -0.135. The van der Waals surface area contributed by atoms with Crippen LogP contribution in [0.4, 0.5) is 5.95 Å². The van der Waals surface area contributed by atoms with E-state index in [1.54, 1.807) is 17.2 Å². The largest absolute Gasteiger partial charge is 0.353 e. The fraction of sp³-hybridized carbons (Fsp3) is 0.182. The topological polar surface area (TPSA) is 87.2 Å². The van der Waals surface area contributed by atoms with Crippen LogP contribution >= 0.6 is 11.6 Å². The summed E-state index contributed by atoms with van der Waals surface area (Å²) >= 11 is 5.95. The van der Waals surface area contributed by atoms with Gasteiger partial charge in [-0.05, 0) is 36.8 Å². The standard InChI is InChI=1S/C22H20ClN5O2/c23-17-7-4-15(5-8-17)19-10-11-25-22(27-19)26-18-3-1-2-16(6-9-18)21(30)28-13-12-24-20(29)14-28/h2-11H,1,12-14H2,(H,24,29)(H,25,26,27). The van der Waals surface area contributed by atoms with E-state index in [4.69, 9.17) is 11.6 Å². The van der Waals surface area contributed by atoms with Crippen LogP contribution in [0.5, 0.6) is 0 Å². The van der Waals surface area contributed by atoms with Crippen molar-refractivity contribution in [2.24, 2.45) is 0 Å². The molecule has 1 saturated heterocycles. The van der Waals surface area contributed by atoms with Crippen LogP contribution in [0.1, 0.15) is 6.42 Å². The molecule has 2 N–H and O–H groups in total. The fourth-order valence-corrected chi connectivity index (χ4v) is 3.33. The molecule has 30 heavy (non-hydrogen) atoms. The lowest BCUT2D eigenvalue weighted by Gasteiger charge is -2.26. The molecule has 2 aromatic rings. The molecule has 0 spiro atoms. The van der Waals surface area contributed by atoms with E-state index in [0.29, 0.717) is 36.1 Å². The van der Waals surface area contributed by atoms with Gasteiger partial charge in [0.05, 0.1) is 12.2 Å².